The number of rotatable bonds is 5. The zero-order valence-corrected chi connectivity index (χ0v) is 15.9. The second-order valence-corrected chi connectivity index (χ2v) is 6.80. The number of hydrogen-bond donors (Lipinski definition) is 0. The van der Waals surface area contributed by atoms with Crippen LogP contribution < -0.4 is 14.2 Å². The molecular weight excluding hydrogens is 366 g/mol. The molecule has 1 aliphatic carbocycles. The molecule has 1 aliphatic rings. The first-order chi connectivity index (χ1) is 14.2. The van der Waals surface area contributed by atoms with E-state index in [1.54, 1.807) is 37.6 Å². The van der Waals surface area contributed by atoms with Crippen molar-refractivity contribution in [3.8, 4) is 17.6 Å². The smallest absolute Gasteiger partial charge is 0.180 e. The molecular formula is C23H19N3O3. The minimum atomic E-state index is 0.00712. The summed E-state index contributed by atoms with van der Waals surface area (Å²) in [5.74, 6) is 1.08. The lowest BCUT2D eigenvalue weighted by molar-refractivity contribution is -0.605. The molecule has 0 aliphatic heterocycles. The number of hydrogen-bond acceptors (Lipinski definition) is 5. The number of fused-ring (bicyclic) bond motifs is 1. The quantitative estimate of drug-likeness (QED) is 0.382. The van der Waals surface area contributed by atoms with Gasteiger partial charge in [-0.05, 0) is 22.8 Å². The van der Waals surface area contributed by atoms with Crippen LogP contribution in [-0.2, 0) is 12.8 Å². The minimum absolute atomic E-state index is 0.00712. The van der Waals surface area contributed by atoms with Gasteiger partial charge < -0.3 is 14.7 Å². The number of nitrogens with zero attached hydrogens (tertiary/aromatic N) is 3. The number of benzene rings is 1. The summed E-state index contributed by atoms with van der Waals surface area (Å²) in [6, 6.07) is 15.5. The Morgan fingerprint density at radius 3 is 2.48 bits per heavy atom. The third-order valence-corrected chi connectivity index (χ3v) is 4.89. The molecule has 6 heteroatoms. The second kappa shape index (κ2) is 8.03. The van der Waals surface area contributed by atoms with Crippen molar-refractivity contribution in [2.24, 2.45) is 0 Å². The van der Waals surface area contributed by atoms with E-state index in [2.05, 4.69) is 23.2 Å². The van der Waals surface area contributed by atoms with Gasteiger partial charge in [-0.3, -0.25) is 4.98 Å². The van der Waals surface area contributed by atoms with Crippen molar-refractivity contribution in [1.29, 1.82) is 5.26 Å². The highest BCUT2D eigenvalue weighted by atomic mass is 16.5. The monoisotopic (exact) mass is 385 g/mol. The fraction of sp³-hybridized carbons (Fsp3) is 0.174. The van der Waals surface area contributed by atoms with Gasteiger partial charge in [0, 0.05) is 31.0 Å². The molecule has 4 rings (SSSR count). The number of allylic oxidation sites excluding steroid dienone is 1. The molecule has 0 atom stereocenters. The van der Waals surface area contributed by atoms with Crippen molar-refractivity contribution in [2.75, 3.05) is 7.11 Å². The lowest BCUT2D eigenvalue weighted by Gasteiger charge is -2.16. The van der Waals surface area contributed by atoms with Gasteiger partial charge >= 0.3 is 0 Å². The van der Waals surface area contributed by atoms with Gasteiger partial charge in [-0.1, -0.05) is 24.3 Å². The molecule has 0 radical (unpaired) electrons. The largest absolute Gasteiger partial charge is 0.619 e. The zero-order chi connectivity index (χ0) is 20.2. The molecule has 3 aromatic rings. The van der Waals surface area contributed by atoms with Gasteiger partial charge in [0.05, 0.1) is 24.6 Å². The summed E-state index contributed by atoms with van der Waals surface area (Å²) >= 11 is 0. The van der Waals surface area contributed by atoms with Gasteiger partial charge in [0.2, 0.25) is 0 Å². The summed E-state index contributed by atoms with van der Waals surface area (Å²) in [5.41, 5.74) is 4.18. The maximum atomic E-state index is 11.2. The number of methoxy groups -OCH3 is 1. The Balaban J connectivity index is 1.61. The van der Waals surface area contributed by atoms with Gasteiger partial charge in [-0.2, -0.15) is 9.99 Å². The van der Waals surface area contributed by atoms with Crippen LogP contribution in [0.2, 0.25) is 0 Å². The first kappa shape index (κ1) is 18.5. The average molecular weight is 385 g/mol. The van der Waals surface area contributed by atoms with E-state index in [0.717, 1.165) is 18.4 Å². The van der Waals surface area contributed by atoms with E-state index in [-0.39, 0.29) is 6.10 Å². The molecule has 0 bridgehead atoms. The van der Waals surface area contributed by atoms with Gasteiger partial charge in [0.15, 0.2) is 23.9 Å². The van der Waals surface area contributed by atoms with Crippen molar-refractivity contribution < 1.29 is 14.2 Å². The Bertz CT molecular complexity index is 1080. The maximum absolute atomic E-state index is 11.2. The number of aromatic nitrogens is 2. The molecule has 0 unspecified atom stereocenters. The molecule has 1 aromatic carbocycles. The van der Waals surface area contributed by atoms with Crippen LogP contribution in [0, 0.1) is 16.5 Å². The van der Waals surface area contributed by atoms with E-state index in [0.29, 0.717) is 27.5 Å². The molecule has 29 heavy (non-hydrogen) atoms. The fourth-order valence-electron chi connectivity index (χ4n) is 3.45. The predicted molar refractivity (Wildman–Crippen MR) is 108 cm³/mol. The average Bonchev–Trinajstić information content (AvgIpc) is 3.15. The van der Waals surface area contributed by atoms with Crippen LogP contribution in [0.1, 0.15) is 22.4 Å². The van der Waals surface area contributed by atoms with Crippen molar-refractivity contribution in [1.82, 2.24) is 4.98 Å². The third-order valence-electron chi connectivity index (χ3n) is 4.89. The van der Waals surface area contributed by atoms with Crippen LogP contribution >= 0.6 is 0 Å². The molecule has 0 saturated carbocycles. The van der Waals surface area contributed by atoms with E-state index in [1.807, 2.05) is 12.1 Å². The summed E-state index contributed by atoms with van der Waals surface area (Å²) in [7, 11) is 1.57. The molecule has 0 fully saturated rings. The maximum Gasteiger partial charge on any atom is 0.180 e. The lowest BCUT2D eigenvalue weighted by atomic mass is 10.1. The Kier molecular flexibility index (Phi) is 5.12. The molecule has 144 valence electrons. The summed E-state index contributed by atoms with van der Waals surface area (Å²) in [6.45, 7) is 0. The fourth-order valence-corrected chi connectivity index (χ4v) is 3.45. The molecule has 0 spiro atoms. The molecule has 2 heterocycles. The van der Waals surface area contributed by atoms with Crippen LogP contribution in [-0.4, -0.2) is 18.2 Å². The van der Waals surface area contributed by atoms with Gasteiger partial charge in [0.1, 0.15) is 12.2 Å². The Morgan fingerprint density at radius 2 is 1.86 bits per heavy atom. The van der Waals surface area contributed by atoms with Crippen LogP contribution in [0.3, 0.4) is 0 Å². The molecule has 0 N–H and O–H groups in total. The van der Waals surface area contributed by atoms with Crippen molar-refractivity contribution >= 4 is 11.6 Å². The highest BCUT2D eigenvalue weighted by Crippen LogP contribution is 2.33. The van der Waals surface area contributed by atoms with Crippen LogP contribution in [0.4, 0.5) is 0 Å². The highest BCUT2D eigenvalue weighted by molar-refractivity contribution is 5.88. The third kappa shape index (κ3) is 4.04. The topological polar surface area (TPSA) is 82.1 Å². The highest BCUT2D eigenvalue weighted by Gasteiger charge is 2.24. The summed E-state index contributed by atoms with van der Waals surface area (Å²) in [6.07, 6.45) is 7.68. The van der Waals surface area contributed by atoms with E-state index in [9.17, 15) is 10.5 Å². The van der Waals surface area contributed by atoms with Crippen molar-refractivity contribution in [2.45, 2.75) is 18.9 Å². The first-order valence-electron chi connectivity index (χ1n) is 9.24. The van der Waals surface area contributed by atoms with Crippen LogP contribution in [0.25, 0.3) is 11.6 Å². The molecule has 0 saturated heterocycles. The zero-order valence-electron chi connectivity index (χ0n) is 15.9. The standard InChI is InChI=1S/C23H19N3O3/c1-28-23-15-25-21(19(14-24)10-16-6-8-26(27)9-7-16)13-22(23)29-20-11-17-4-2-3-5-18(17)12-20/h2-10,13,15,20H,11-12H2,1H3. The second-order valence-electron chi connectivity index (χ2n) is 6.80. The summed E-state index contributed by atoms with van der Waals surface area (Å²) in [5, 5.41) is 20.8. The van der Waals surface area contributed by atoms with E-state index >= 15 is 0 Å². The van der Waals surface area contributed by atoms with E-state index in [4.69, 9.17) is 9.47 Å². The number of nitriles is 1. The van der Waals surface area contributed by atoms with E-state index < -0.39 is 0 Å². The molecule has 2 aromatic heterocycles. The summed E-state index contributed by atoms with van der Waals surface area (Å²) in [4.78, 5) is 4.35. The van der Waals surface area contributed by atoms with Gasteiger partial charge in [-0.25, -0.2) is 0 Å². The SMILES string of the molecule is COc1cnc(C(C#N)=Cc2cc[n+]([O-])cc2)cc1OC1Cc2ccccc2C1. The van der Waals surface area contributed by atoms with Crippen LogP contribution in [0.15, 0.2) is 61.1 Å². The predicted octanol–water partition coefficient (Wildman–Crippen LogP) is 3.33. The Morgan fingerprint density at radius 1 is 1.17 bits per heavy atom. The van der Waals surface area contributed by atoms with Gasteiger partial charge in [0.25, 0.3) is 0 Å². The molecule has 6 nitrogen and oxygen atoms in total. The van der Waals surface area contributed by atoms with E-state index in [1.165, 1.54) is 23.5 Å². The Labute approximate surface area is 168 Å². The molecule has 0 amide bonds. The number of ether oxygens (including phenoxy) is 2. The first-order valence-corrected chi connectivity index (χ1v) is 9.24. The van der Waals surface area contributed by atoms with Crippen molar-refractivity contribution in [3.05, 3.63) is 88.6 Å². The van der Waals surface area contributed by atoms with Crippen LogP contribution in [0.5, 0.6) is 11.5 Å². The minimum Gasteiger partial charge on any atom is -0.619 e. The summed E-state index contributed by atoms with van der Waals surface area (Å²) < 4.78 is 12.3. The lowest BCUT2D eigenvalue weighted by Crippen LogP contribution is -2.23. The van der Waals surface area contributed by atoms with Gasteiger partial charge in [-0.15, -0.1) is 0 Å². The Hall–Kier alpha value is -3.85. The normalized spacial score (nSPS) is 13.6. The number of pyridine rings is 2. The van der Waals surface area contributed by atoms with Crippen molar-refractivity contribution in [3.63, 3.8) is 0 Å².